The number of carboxylic acids is 1. The van der Waals surface area contributed by atoms with Crippen LogP contribution in [0.1, 0.15) is 29.2 Å². The van der Waals surface area contributed by atoms with Crippen LogP contribution in [0.25, 0.3) is 0 Å². The summed E-state index contributed by atoms with van der Waals surface area (Å²) in [6, 6.07) is 14.3. The maximum absolute atomic E-state index is 10.5. The molecule has 0 fully saturated rings. The minimum absolute atomic E-state index is 0.308. The van der Waals surface area contributed by atoms with Gasteiger partial charge in [0.2, 0.25) is 0 Å². The summed E-state index contributed by atoms with van der Waals surface area (Å²) in [5.41, 5.74) is 4.97. The largest absolute Gasteiger partial charge is 0.482 e. The lowest BCUT2D eigenvalue weighted by atomic mass is 9.98. The third-order valence-electron chi connectivity index (χ3n) is 3.47. The number of ether oxygens (including phenoxy) is 1. The van der Waals surface area contributed by atoms with Gasteiger partial charge in [-0.15, -0.1) is 0 Å². The lowest BCUT2D eigenvalue weighted by Crippen LogP contribution is -2.09. The maximum atomic E-state index is 10.5. The Morgan fingerprint density at radius 2 is 1.90 bits per heavy atom. The first-order valence-corrected chi connectivity index (χ1v) is 7.10. The van der Waals surface area contributed by atoms with Crippen molar-refractivity contribution >= 4 is 5.97 Å². The zero-order valence-electron chi connectivity index (χ0n) is 12.4. The van der Waals surface area contributed by atoms with Crippen molar-refractivity contribution in [1.82, 2.24) is 0 Å². The van der Waals surface area contributed by atoms with Gasteiger partial charge in [-0.2, -0.15) is 0 Å². The molecule has 0 saturated carbocycles. The minimum Gasteiger partial charge on any atom is -0.482 e. The fraction of sp³-hybridized carbons (Fsp3) is 0.278. The molecule has 21 heavy (non-hydrogen) atoms. The monoisotopic (exact) mass is 284 g/mol. The highest BCUT2D eigenvalue weighted by atomic mass is 16.5. The highest BCUT2D eigenvalue weighted by Crippen LogP contribution is 2.20. The number of aliphatic carboxylic acids is 1. The van der Waals surface area contributed by atoms with Crippen LogP contribution in [0.5, 0.6) is 5.75 Å². The molecule has 0 aliphatic heterocycles. The van der Waals surface area contributed by atoms with Gasteiger partial charge in [-0.05, 0) is 54.2 Å². The number of hydrogen-bond acceptors (Lipinski definition) is 2. The molecular formula is C18H20O3. The van der Waals surface area contributed by atoms with E-state index in [-0.39, 0.29) is 6.61 Å². The number of carboxylic acid groups (broad SMARTS) is 1. The molecule has 0 unspecified atom stereocenters. The maximum Gasteiger partial charge on any atom is 0.341 e. The van der Waals surface area contributed by atoms with Crippen molar-refractivity contribution in [3.8, 4) is 5.75 Å². The van der Waals surface area contributed by atoms with E-state index in [0.29, 0.717) is 5.75 Å². The summed E-state index contributed by atoms with van der Waals surface area (Å²) in [7, 11) is 0. The van der Waals surface area contributed by atoms with Crippen molar-refractivity contribution in [1.29, 1.82) is 0 Å². The van der Waals surface area contributed by atoms with E-state index in [1.54, 1.807) is 0 Å². The van der Waals surface area contributed by atoms with Crippen LogP contribution in [-0.2, 0) is 17.6 Å². The molecule has 2 aromatic rings. The molecule has 2 aromatic carbocycles. The predicted octanol–water partition coefficient (Wildman–Crippen LogP) is 3.61. The smallest absolute Gasteiger partial charge is 0.341 e. The fourth-order valence-corrected chi connectivity index (χ4v) is 2.28. The van der Waals surface area contributed by atoms with Gasteiger partial charge in [-0.1, -0.05) is 37.3 Å². The number of benzene rings is 2. The van der Waals surface area contributed by atoms with Crippen molar-refractivity contribution in [3.63, 3.8) is 0 Å². The summed E-state index contributed by atoms with van der Waals surface area (Å²) in [5, 5.41) is 8.62. The Hall–Kier alpha value is -2.29. The zero-order valence-corrected chi connectivity index (χ0v) is 12.4. The second-order valence-electron chi connectivity index (χ2n) is 5.12. The normalized spacial score (nSPS) is 10.4. The average Bonchev–Trinajstić information content (AvgIpc) is 2.48. The third kappa shape index (κ3) is 4.35. The molecule has 0 bridgehead atoms. The molecule has 0 aliphatic carbocycles. The van der Waals surface area contributed by atoms with E-state index in [4.69, 9.17) is 9.84 Å². The minimum atomic E-state index is -0.965. The summed E-state index contributed by atoms with van der Waals surface area (Å²) in [6.45, 7) is 3.86. The van der Waals surface area contributed by atoms with Crippen molar-refractivity contribution < 1.29 is 14.6 Å². The Balaban J connectivity index is 2.11. The van der Waals surface area contributed by atoms with Crippen LogP contribution >= 0.6 is 0 Å². The Morgan fingerprint density at radius 1 is 1.14 bits per heavy atom. The van der Waals surface area contributed by atoms with Crippen molar-refractivity contribution in [2.75, 3.05) is 6.61 Å². The zero-order chi connectivity index (χ0) is 15.2. The summed E-state index contributed by atoms with van der Waals surface area (Å²) < 4.78 is 5.19. The molecular weight excluding hydrogens is 264 g/mol. The van der Waals surface area contributed by atoms with Gasteiger partial charge in [-0.25, -0.2) is 4.79 Å². The lowest BCUT2D eigenvalue weighted by Gasteiger charge is -2.10. The fourth-order valence-electron chi connectivity index (χ4n) is 2.28. The highest BCUT2D eigenvalue weighted by molar-refractivity contribution is 5.68. The molecule has 0 radical (unpaired) electrons. The Morgan fingerprint density at radius 3 is 2.57 bits per heavy atom. The van der Waals surface area contributed by atoms with E-state index in [2.05, 4.69) is 31.2 Å². The molecule has 0 aromatic heterocycles. The summed E-state index contributed by atoms with van der Waals surface area (Å²) in [4.78, 5) is 10.5. The number of aryl methyl sites for hydroxylation is 2. The Kier molecular flexibility index (Phi) is 4.99. The van der Waals surface area contributed by atoms with Crippen LogP contribution in [0.3, 0.4) is 0 Å². The lowest BCUT2D eigenvalue weighted by molar-refractivity contribution is -0.139. The van der Waals surface area contributed by atoms with Crippen molar-refractivity contribution in [2.24, 2.45) is 0 Å². The van der Waals surface area contributed by atoms with E-state index < -0.39 is 5.97 Å². The van der Waals surface area contributed by atoms with Gasteiger partial charge < -0.3 is 9.84 Å². The molecule has 0 spiro atoms. The van der Waals surface area contributed by atoms with Gasteiger partial charge >= 0.3 is 5.97 Å². The van der Waals surface area contributed by atoms with Gasteiger partial charge in [-0.3, -0.25) is 0 Å². The van der Waals surface area contributed by atoms with Gasteiger partial charge in [0.1, 0.15) is 5.75 Å². The van der Waals surface area contributed by atoms with Gasteiger partial charge in [0.15, 0.2) is 6.61 Å². The first-order chi connectivity index (χ1) is 10.1. The van der Waals surface area contributed by atoms with E-state index >= 15 is 0 Å². The number of hydrogen-bond donors (Lipinski definition) is 1. The van der Waals surface area contributed by atoms with Gasteiger partial charge in [0.25, 0.3) is 0 Å². The van der Waals surface area contributed by atoms with Crippen LogP contribution in [0.15, 0.2) is 42.5 Å². The molecule has 3 heteroatoms. The Labute approximate surface area is 125 Å². The topological polar surface area (TPSA) is 46.5 Å². The highest BCUT2D eigenvalue weighted by Gasteiger charge is 2.05. The van der Waals surface area contributed by atoms with Crippen LogP contribution in [0.2, 0.25) is 0 Å². The van der Waals surface area contributed by atoms with Crippen LogP contribution in [-0.4, -0.2) is 17.7 Å². The van der Waals surface area contributed by atoms with Crippen molar-refractivity contribution in [3.05, 3.63) is 64.7 Å². The molecule has 0 amide bonds. The standard InChI is InChI=1S/C18H20O3/c1-3-14-5-4-6-15(10-14)11-16-7-8-17(9-13(16)2)21-12-18(19)20/h4-10H,3,11-12H2,1-2H3,(H,19,20). The van der Waals surface area contributed by atoms with Crippen LogP contribution in [0.4, 0.5) is 0 Å². The van der Waals surface area contributed by atoms with E-state index in [9.17, 15) is 4.79 Å². The van der Waals surface area contributed by atoms with Crippen LogP contribution in [0, 0.1) is 6.92 Å². The SMILES string of the molecule is CCc1cccc(Cc2ccc(OCC(=O)O)cc2C)c1. The summed E-state index contributed by atoms with van der Waals surface area (Å²) >= 11 is 0. The second kappa shape index (κ2) is 6.93. The predicted molar refractivity (Wildman–Crippen MR) is 82.9 cm³/mol. The first kappa shape index (κ1) is 15.1. The molecule has 1 N–H and O–H groups in total. The molecule has 2 rings (SSSR count). The molecule has 110 valence electrons. The molecule has 0 saturated heterocycles. The molecule has 3 nitrogen and oxygen atoms in total. The molecule has 0 heterocycles. The van der Waals surface area contributed by atoms with Gasteiger partial charge in [0.05, 0.1) is 0 Å². The average molecular weight is 284 g/mol. The second-order valence-corrected chi connectivity index (χ2v) is 5.12. The van der Waals surface area contributed by atoms with Crippen LogP contribution < -0.4 is 4.74 Å². The summed E-state index contributed by atoms with van der Waals surface area (Å²) in [5.74, 6) is -0.367. The number of rotatable bonds is 6. The molecule has 0 atom stereocenters. The van der Waals surface area contributed by atoms with Crippen molar-refractivity contribution in [2.45, 2.75) is 26.7 Å². The van der Waals surface area contributed by atoms with E-state index in [0.717, 1.165) is 18.4 Å². The third-order valence-corrected chi connectivity index (χ3v) is 3.47. The van der Waals surface area contributed by atoms with Gasteiger partial charge in [0, 0.05) is 0 Å². The first-order valence-electron chi connectivity index (χ1n) is 7.10. The van der Waals surface area contributed by atoms with E-state index in [1.807, 2.05) is 25.1 Å². The molecule has 0 aliphatic rings. The summed E-state index contributed by atoms with van der Waals surface area (Å²) in [6.07, 6.45) is 1.91. The number of carbonyl (C=O) groups is 1. The quantitative estimate of drug-likeness (QED) is 0.881. The van der Waals surface area contributed by atoms with E-state index in [1.165, 1.54) is 16.7 Å². The Bertz CT molecular complexity index is 632.